The van der Waals surface area contributed by atoms with Crippen molar-refractivity contribution in [3.63, 3.8) is 0 Å². The third-order valence-corrected chi connectivity index (χ3v) is 4.52. The van der Waals surface area contributed by atoms with Crippen LogP contribution in [0.25, 0.3) is 0 Å². The SMILES string of the molecule is CCC1CN(CC2CNCCO2)CCS1. The molecule has 0 radical (unpaired) electrons. The van der Waals surface area contributed by atoms with Crippen molar-refractivity contribution in [2.75, 3.05) is 45.1 Å². The summed E-state index contributed by atoms with van der Waals surface area (Å²) in [6.07, 6.45) is 1.71. The summed E-state index contributed by atoms with van der Waals surface area (Å²) in [6, 6.07) is 0. The van der Waals surface area contributed by atoms with E-state index in [1.54, 1.807) is 0 Å². The lowest BCUT2D eigenvalue weighted by Gasteiger charge is -2.35. The predicted octanol–water partition coefficient (Wildman–Crippen LogP) is 0.802. The van der Waals surface area contributed by atoms with E-state index in [4.69, 9.17) is 4.74 Å². The number of thioether (sulfide) groups is 1. The summed E-state index contributed by atoms with van der Waals surface area (Å²) < 4.78 is 5.74. The molecule has 0 bridgehead atoms. The Balaban J connectivity index is 1.72. The van der Waals surface area contributed by atoms with Crippen LogP contribution in [0.1, 0.15) is 13.3 Å². The molecule has 0 spiro atoms. The molecule has 2 rings (SSSR count). The Morgan fingerprint density at radius 3 is 3.20 bits per heavy atom. The second kappa shape index (κ2) is 6.09. The average Bonchev–Trinajstić information content (AvgIpc) is 2.31. The van der Waals surface area contributed by atoms with E-state index in [-0.39, 0.29) is 0 Å². The molecule has 0 aliphatic carbocycles. The van der Waals surface area contributed by atoms with Crippen molar-refractivity contribution in [1.29, 1.82) is 0 Å². The first kappa shape index (κ1) is 11.7. The van der Waals surface area contributed by atoms with Crippen molar-refractivity contribution in [3.8, 4) is 0 Å². The number of ether oxygens (including phenoxy) is 1. The van der Waals surface area contributed by atoms with Crippen molar-refractivity contribution in [3.05, 3.63) is 0 Å². The summed E-state index contributed by atoms with van der Waals surface area (Å²) in [6.45, 7) is 8.82. The van der Waals surface area contributed by atoms with Crippen LogP contribution in [-0.2, 0) is 4.74 Å². The number of rotatable bonds is 3. The summed E-state index contributed by atoms with van der Waals surface area (Å²) in [5, 5.41) is 4.24. The average molecular weight is 230 g/mol. The molecule has 2 atom stereocenters. The number of nitrogens with zero attached hydrogens (tertiary/aromatic N) is 1. The molecule has 2 aliphatic rings. The van der Waals surface area contributed by atoms with Crippen LogP contribution in [0.15, 0.2) is 0 Å². The molecule has 2 fully saturated rings. The maximum atomic E-state index is 5.74. The summed E-state index contributed by atoms with van der Waals surface area (Å²) in [7, 11) is 0. The van der Waals surface area contributed by atoms with Crippen LogP contribution in [-0.4, -0.2) is 61.3 Å². The Morgan fingerprint density at radius 2 is 2.47 bits per heavy atom. The lowest BCUT2D eigenvalue weighted by atomic mass is 10.2. The smallest absolute Gasteiger partial charge is 0.0826 e. The first-order valence-electron chi connectivity index (χ1n) is 6.04. The Labute approximate surface area is 96.9 Å². The molecule has 0 aromatic rings. The van der Waals surface area contributed by atoms with Gasteiger partial charge in [0.05, 0.1) is 12.7 Å². The van der Waals surface area contributed by atoms with Crippen LogP contribution < -0.4 is 5.32 Å². The molecule has 2 heterocycles. The highest BCUT2D eigenvalue weighted by molar-refractivity contribution is 8.00. The molecule has 15 heavy (non-hydrogen) atoms. The molecule has 0 aromatic carbocycles. The van der Waals surface area contributed by atoms with Crippen molar-refractivity contribution in [1.82, 2.24) is 10.2 Å². The third-order valence-electron chi connectivity index (χ3n) is 3.14. The van der Waals surface area contributed by atoms with Crippen LogP contribution in [0.5, 0.6) is 0 Å². The van der Waals surface area contributed by atoms with Gasteiger partial charge < -0.3 is 10.1 Å². The molecule has 2 aliphatic heterocycles. The zero-order valence-electron chi connectivity index (χ0n) is 9.58. The quantitative estimate of drug-likeness (QED) is 0.775. The minimum absolute atomic E-state index is 0.416. The second-order valence-electron chi connectivity index (χ2n) is 4.36. The first-order valence-corrected chi connectivity index (χ1v) is 7.09. The highest BCUT2D eigenvalue weighted by atomic mass is 32.2. The van der Waals surface area contributed by atoms with Gasteiger partial charge in [-0.2, -0.15) is 11.8 Å². The van der Waals surface area contributed by atoms with Gasteiger partial charge in [-0.1, -0.05) is 6.92 Å². The van der Waals surface area contributed by atoms with Crippen LogP contribution in [0.2, 0.25) is 0 Å². The fourth-order valence-corrected chi connectivity index (χ4v) is 3.47. The summed E-state index contributed by atoms with van der Waals surface area (Å²) in [5.41, 5.74) is 0. The summed E-state index contributed by atoms with van der Waals surface area (Å²) in [5.74, 6) is 1.29. The monoisotopic (exact) mass is 230 g/mol. The maximum absolute atomic E-state index is 5.74. The van der Waals surface area contributed by atoms with Gasteiger partial charge in [0.25, 0.3) is 0 Å². The zero-order chi connectivity index (χ0) is 10.5. The molecule has 0 amide bonds. The van der Waals surface area contributed by atoms with E-state index in [1.165, 1.54) is 25.3 Å². The van der Waals surface area contributed by atoms with Crippen LogP contribution >= 0.6 is 11.8 Å². The van der Waals surface area contributed by atoms with Gasteiger partial charge in [0.2, 0.25) is 0 Å². The third kappa shape index (κ3) is 3.63. The summed E-state index contributed by atoms with van der Waals surface area (Å²) >= 11 is 2.13. The standard InChI is InChI=1S/C11H22N2OS/c1-2-11-9-13(4-6-15-11)8-10-7-12-3-5-14-10/h10-12H,2-9H2,1H3. The van der Waals surface area contributed by atoms with E-state index in [0.29, 0.717) is 6.10 Å². The molecular weight excluding hydrogens is 208 g/mol. The molecule has 2 saturated heterocycles. The van der Waals surface area contributed by atoms with E-state index >= 15 is 0 Å². The number of nitrogens with one attached hydrogen (secondary N) is 1. The van der Waals surface area contributed by atoms with Gasteiger partial charge in [0.1, 0.15) is 0 Å². The Hall–Kier alpha value is 0.230. The molecule has 2 unspecified atom stereocenters. The molecule has 4 heteroatoms. The van der Waals surface area contributed by atoms with E-state index < -0.39 is 0 Å². The first-order chi connectivity index (χ1) is 7.38. The number of hydrogen-bond donors (Lipinski definition) is 1. The van der Waals surface area contributed by atoms with Gasteiger partial charge in [0.15, 0.2) is 0 Å². The number of morpholine rings is 1. The fourth-order valence-electron chi connectivity index (χ4n) is 2.22. The lowest BCUT2D eigenvalue weighted by Crippen LogP contribution is -2.48. The van der Waals surface area contributed by atoms with Gasteiger partial charge in [-0.05, 0) is 6.42 Å². The minimum atomic E-state index is 0.416. The van der Waals surface area contributed by atoms with E-state index in [2.05, 4.69) is 28.9 Å². The van der Waals surface area contributed by atoms with Gasteiger partial charge in [-0.25, -0.2) is 0 Å². The van der Waals surface area contributed by atoms with Gasteiger partial charge >= 0.3 is 0 Å². The molecule has 3 nitrogen and oxygen atoms in total. The van der Waals surface area contributed by atoms with Gasteiger partial charge in [-0.3, -0.25) is 4.90 Å². The summed E-state index contributed by atoms with van der Waals surface area (Å²) in [4.78, 5) is 2.57. The van der Waals surface area contributed by atoms with E-state index in [0.717, 1.165) is 31.5 Å². The van der Waals surface area contributed by atoms with Crippen molar-refractivity contribution < 1.29 is 4.74 Å². The highest BCUT2D eigenvalue weighted by Gasteiger charge is 2.22. The molecule has 1 N–H and O–H groups in total. The second-order valence-corrected chi connectivity index (χ2v) is 5.77. The molecular formula is C11H22N2OS. The van der Waals surface area contributed by atoms with Crippen LogP contribution in [0.3, 0.4) is 0 Å². The zero-order valence-corrected chi connectivity index (χ0v) is 10.4. The van der Waals surface area contributed by atoms with Gasteiger partial charge in [-0.15, -0.1) is 0 Å². The largest absolute Gasteiger partial charge is 0.374 e. The maximum Gasteiger partial charge on any atom is 0.0826 e. The highest BCUT2D eigenvalue weighted by Crippen LogP contribution is 2.21. The molecule has 0 aromatic heterocycles. The lowest BCUT2D eigenvalue weighted by molar-refractivity contribution is 0.00612. The Kier molecular flexibility index (Phi) is 4.75. The van der Waals surface area contributed by atoms with E-state index in [1.807, 2.05) is 0 Å². The minimum Gasteiger partial charge on any atom is -0.374 e. The Morgan fingerprint density at radius 1 is 1.53 bits per heavy atom. The predicted molar refractivity (Wildman–Crippen MR) is 65.6 cm³/mol. The van der Waals surface area contributed by atoms with Crippen molar-refractivity contribution in [2.24, 2.45) is 0 Å². The molecule has 88 valence electrons. The normalized spacial score (nSPS) is 34.2. The molecule has 0 saturated carbocycles. The van der Waals surface area contributed by atoms with Crippen molar-refractivity contribution >= 4 is 11.8 Å². The van der Waals surface area contributed by atoms with Gasteiger partial charge in [0, 0.05) is 43.7 Å². The van der Waals surface area contributed by atoms with E-state index in [9.17, 15) is 0 Å². The fraction of sp³-hybridized carbons (Fsp3) is 1.00. The van der Waals surface area contributed by atoms with Crippen molar-refractivity contribution in [2.45, 2.75) is 24.7 Å². The van der Waals surface area contributed by atoms with Crippen LogP contribution in [0, 0.1) is 0 Å². The Bertz CT molecular complexity index is 185. The van der Waals surface area contributed by atoms with Crippen LogP contribution in [0.4, 0.5) is 0 Å². The topological polar surface area (TPSA) is 24.5 Å². The number of hydrogen-bond acceptors (Lipinski definition) is 4.